The number of nitrogens with one attached hydrogen (secondary N) is 1. The number of carbonyl (C=O) groups is 3. The van der Waals surface area contributed by atoms with Gasteiger partial charge in [0.25, 0.3) is 5.91 Å². The van der Waals surface area contributed by atoms with E-state index in [1.807, 2.05) is 0 Å². The molecular weight excluding hydrogens is 341 g/mol. The molecule has 0 bridgehead atoms. The Bertz CT molecular complexity index is 534. The minimum atomic E-state index is -1.50. The summed E-state index contributed by atoms with van der Waals surface area (Å²) in [6, 6.07) is 2.93. The lowest BCUT2D eigenvalue weighted by Gasteiger charge is -2.13. The number of halogens is 2. The molecule has 1 amide bonds. The lowest BCUT2D eigenvalue weighted by Crippen LogP contribution is -2.42. The van der Waals surface area contributed by atoms with E-state index >= 15 is 0 Å². The minimum absolute atomic E-state index is 0.129. The van der Waals surface area contributed by atoms with Gasteiger partial charge in [-0.15, -0.1) is 0 Å². The van der Waals surface area contributed by atoms with Crippen molar-refractivity contribution in [2.45, 2.75) is 12.5 Å². The van der Waals surface area contributed by atoms with Gasteiger partial charge in [0.2, 0.25) is 0 Å². The van der Waals surface area contributed by atoms with Crippen LogP contribution in [0.3, 0.4) is 0 Å². The Morgan fingerprint density at radius 1 is 1.32 bits per heavy atom. The van der Waals surface area contributed by atoms with E-state index in [-0.39, 0.29) is 5.56 Å². The molecule has 1 aromatic rings. The number of hydrogen-bond acceptors (Lipinski definition) is 3. The highest BCUT2D eigenvalue weighted by Crippen LogP contribution is 2.21. The molecule has 0 aliphatic rings. The van der Waals surface area contributed by atoms with Crippen LogP contribution in [0, 0.1) is 0 Å². The molecule has 0 aliphatic heterocycles. The molecule has 1 aromatic carbocycles. The van der Waals surface area contributed by atoms with Gasteiger partial charge < -0.3 is 15.5 Å². The summed E-state index contributed by atoms with van der Waals surface area (Å²) in [5, 5.41) is 19.8. The Morgan fingerprint density at radius 2 is 1.95 bits per heavy atom. The topological polar surface area (TPSA) is 104 Å². The van der Waals surface area contributed by atoms with Crippen molar-refractivity contribution in [2.75, 3.05) is 0 Å². The molecule has 19 heavy (non-hydrogen) atoms. The first-order valence-corrected chi connectivity index (χ1v) is 6.19. The van der Waals surface area contributed by atoms with Crippen LogP contribution in [0.4, 0.5) is 0 Å². The summed E-state index contributed by atoms with van der Waals surface area (Å²) >= 11 is 8.86. The molecule has 8 heteroatoms. The molecule has 0 radical (unpaired) electrons. The maximum atomic E-state index is 11.9. The molecule has 1 rings (SSSR count). The summed E-state index contributed by atoms with van der Waals surface area (Å²) in [5.41, 5.74) is 0.129. The van der Waals surface area contributed by atoms with Crippen molar-refractivity contribution in [3.05, 3.63) is 33.3 Å². The van der Waals surface area contributed by atoms with Gasteiger partial charge in [-0.25, -0.2) is 4.79 Å². The Labute approximate surface area is 121 Å². The fourth-order valence-corrected chi connectivity index (χ4v) is 1.88. The number of rotatable bonds is 5. The Kier molecular flexibility index (Phi) is 5.31. The lowest BCUT2D eigenvalue weighted by atomic mass is 10.1. The van der Waals surface area contributed by atoms with Crippen molar-refractivity contribution >= 4 is 45.4 Å². The highest BCUT2D eigenvalue weighted by atomic mass is 79.9. The number of carbonyl (C=O) groups excluding carboxylic acids is 1. The Hall–Kier alpha value is -1.60. The second kappa shape index (κ2) is 6.53. The lowest BCUT2D eigenvalue weighted by molar-refractivity contribution is -0.145. The van der Waals surface area contributed by atoms with Gasteiger partial charge in [0.15, 0.2) is 0 Å². The average Bonchev–Trinajstić information content (AvgIpc) is 2.30. The van der Waals surface area contributed by atoms with Crippen molar-refractivity contribution in [2.24, 2.45) is 0 Å². The zero-order valence-corrected chi connectivity index (χ0v) is 11.7. The van der Waals surface area contributed by atoms with Crippen LogP contribution in [0.25, 0.3) is 0 Å². The molecule has 0 saturated carbocycles. The Morgan fingerprint density at radius 3 is 2.47 bits per heavy atom. The molecule has 3 N–H and O–H groups in total. The first-order chi connectivity index (χ1) is 8.81. The number of carboxylic acid groups (broad SMARTS) is 2. The van der Waals surface area contributed by atoms with E-state index in [4.69, 9.17) is 21.8 Å². The zero-order chi connectivity index (χ0) is 14.6. The van der Waals surface area contributed by atoms with E-state index in [9.17, 15) is 14.4 Å². The summed E-state index contributed by atoms with van der Waals surface area (Å²) in [5.74, 6) is -3.46. The molecule has 102 valence electrons. The maximum Gasteiger partial charge on any atom is 0.326 e. The van der Waals surface area contributed by atoms with Crippen molar-refractivity contribution in [3.63, 3.8) is 0 Å². The highest BCUT2D eigenvalue weighted by molar-refractivity contribution is 9.10. The molecule has 1 atom stereocenters. The van der Waals surface area contributed by atoms with Gasteiger partial charge in [0.05, 0.1) is 12.0 Å². The first-order valence-electron chi connectivity index (χ1n) is 5.01. The normalized spacial score (nSPS) is 11.7. The summed E-state index contributed by atoms with van der Waals surface area (Å²) < 4.78 is 0.425. The van der Waals surface area contributed by atoms with Crippen molar-refractivity contribution < 1.29 is 24.6 Å². The fourth-order valence-electron chi connectivity index (χ4n) is 1.28. The van der Waals surface area contributed by atoms with E-state index < -0.39 is 30.3 Å². The van der Waals surface area contributed by atoms with E-state index in [0.29, 0.717) is 9.50 Å². The molecule has 6 nitrogen and oxygen atoms in total. The molecule has 1 unspecified atom stereocenters. The van der Waals surface area contributed by atoms with E-state index in [1.54, 1.807) is 6.07 Å². The first kappa shape index (κ1) is 15.5. The van der Waals surface area contributed by atoms with Crippen molar-refractivity contribution in [1.29, 1.82) is 0 Å². The molecule has 0 spiro atoms. The zero-order valence-electron chi connectivity index (χ0n) is 9.39. The third kappa shape index (κ3) is 4.53. The molecule has 0 aliphatic carbocycles. The molecule has 0 aromatic heterocycles. The predicted octanol–water partition coefficient (Wildman–Crippen LogP) is 1.76. The van der Waals surface area contributed by atoms with Crippen LogP contribution in [0.1, 0.15) is 16.8 Å². The van der Waals surface area contributed by atoms with Crippen LogP contribution in [0.2, 0.25) is 5.02 Å². The molecule has 0 saturated heterocycles. The van der Waals surface area contributed by atoms with Crippen LogP contribution in [0.15, 0.2) is 22.7 Å². The quantitative estimate of drug-likeness (QED) is 0.751. The number of amides is 1. The van der Waals surface area contributed by atoms with Gasteiger partial charge in [-0.1, -0.05) is 11.6 Å². The predicted molar refractivity (Wildman–Crippen MR) is 70.3 cm³/mol. The van der Waals surface area contributed by atoms with E-state index in [0.717, 1.165) is 0 Å². The summed E-state index contributed by atoms with van der Waals surface area (Å²) in [7, 11) is 0. The molecule has 0 heterocycles. The van der Waals surface area contributed by atoms with Gasteiger partial charge >= 0.3 is 11.9 Å². The molecular formula is C11H9BrClNO5. The summed E-state index contributed by atoms with van der Waals surface area (Å²) in [6.07, 6.45) is -0.709. The monoisotopic (exact) mass is 349 g/mol. The minimum Gasteiger partial charge on any atom is -0.481 e. The summed E-state index contributed by atoms with van der Waals surface area (Å²) in [4.78, 5) is 33.2. The standard InChI is InChI=1S/C11H9BrClNO5/c12-7-2-1-5(13)3-6(7)10(17)14-8(11(18)19)4-9(15)16/h1-3,8H,4H2,(H,14,17)(H,15,16)(H,18,19). The number of carboxylic acids is 2. The highest BCUT2D eigenvalue weighted by Gasteiger charge is 2.24. The van der Waals surface area contributed by atoms with Gasteiger partial charge in [-0.2, -0.15) is 0 Å². The largest absolute Gasteiger partial charge is 0.481 e. The van der Waals surface area contributed by atoms with Gasteiger partial charge in [-0.3, -0.25) is 9.59 Å². The van der Waals surface area contributed by atoms with Crippen LogP contribution in [0.5, 0.6) is 0 Å². The van der Waals surface area contributed by atoms with E-state index in [2.05, 4.69) is 21.2 Å². The SMILES string of the molecule is O=C(O)CC(NC(=O)c1cc(Cl)ccc1Br)C(=O)O. The fraction of sp³-hybridized carbons (Fsp3) is 0.182. The Balaban J connectivity index is 2.90. The number of benzene rings is 1. The smallest absolute Gasteiger partial charge is 0.326 e. The second-order valence-corrected chi connectivity index (χ2v) is 4.88. The van der Waals surface area contributed by atoms with Gasteiger partial charge in [0.1, 0.15) is 6.04 Å². The van der Waals surface area contributed by atoms with Crippen molar-refractivity contribution in [3.8, 4) is 0 Å². The van der Waals surface area contributed by atoms with Gasteiger partial charge in [0, 0.05) is 9.50 Å². The summed E-state index contributed by atoms with van der Waals surface area (Å²) in [6.45, 7) is 0. The van der Waals surface area contributed by atoms with Gasteiger partial charge in [-0.05, 0) is 34.1 Å². The van der Waals surface area contributed by atoms with Crippen LogP contribution in [-0.2, 0) is 9.59 Å². The number of aliphatic carboxylic acids is 2. The van der Waals surface area contributed by atoms with Crippen molar-refractivity contribution in [1.82, 2.24) is 5.32 Å². The second-order valence-electron chi connectivity index (χ2n) is 3.59. The van der Waals surface area contributed by atoms with Crippen LogP contribution >= 0.6 is 27.5 Å². The third-order valence-corrected chi connectivity index (χ3v) is 3.08. The van der Waals surface area contributed by atoms with Crippen LogP contribution in [-0.4, -0.2) is 34.1 Å². The average molecular weight is 351 g/mol. The number of hydrogen-bond donors (Lipinski definition) is 3. The van der Waals surface area contributed by atoms with Crippen LogP contribution < -0.4 is 5.32 Å². The van der Waals surface area contributed by atoms with E-state index in [1.165, 1.54) is 12.1 Å². The molecule has 0 fully saturated rings. The third-order valence-electron chi connectivity index (χ3n) is 2.16. The maximum absolute atomic E-state index is 11.9.